The first-order valence-corrected chi connectivity index (χ1v) is 8.53. The van der Waals surface area contributed by atoms with Crippen LogP contribution >= 0.6 is 11.3 Å². The molecule has 2 aliphatic rings. The number of nitrogens with zero attached hydrogens (tertiary/aromatic N) is 1. The van der Waals surface area contributed by atoms with Crippen LogP contribution in [-0.2, 0) is 0 Å². The maximum Gasteiger partial charge on any atom is 0.255 e. The van der Waals surface area contributed by atoms with Gasteiger partial charge in [-0.05, 0) is 37.7 Å². The lowest BCUT2D eigenvalue weighted by Crippen LogP contribution is -2.51. The molecule has 1 N–H and O–H groups in total. The highest BCUT2D eigenvalue weighted by molar-refractivity contribution is 7.17. The van der Waals surface area contributed by atoms with E-state index in [1.807, 2.05) is 34.5 Å². The molecular formula is C17H19NO2S. The second-order valence-corrected chi connectivity index (χ2v) is 7.26. The Balaban J connectivity index is 1.62. The minimum atomic E-state index is -0.639. The molecule has 2 heterocycles. The number of rotatable bonds is 2. The van der Waals surface area contributed by atoms with Gasteiger partial charge in [0.2, 0.25) is 0 Å². The second-order valence-electron chi connectivity index (χ2n) is 6.35. The van der Waals surface area contributed by atoms with Crippen molar-refractivity contribution in [1.29, 1.82) is 0 Å². The first kappa shape index (κ1) is 13.3. The molecule has 110 valence electrons. The monoisotopic (exact) mass is 301 g/mol. The maximum atomic E-state index is 12.8. The predicted molar refractivity (Wildman–Crippen MR) is 84.6 cm³/mol. The molecule has 1 aliphatic heterocycles. The van der Waals surface area contributed by atoms with Crippen molar-refractivity contribution in [3.63, 3.8) is 0 Å². The van der Waals surface area contributed by atoms with Gasteiger partial charge in [0.05, 0.1) is 11.2 Å². The van der Waals surface area contributed by atoms with Crippen LogP contribution in [0.5, 0.6) is 0 Å². The van der Waals surface area contributed by atoms with Crippen molar-refractivity contribution in [3.8, 4) is 0 Å². The Labute approximate surface area is 128 Å². The van der Waals surface area contributed by atoms with E-state index < -0.39 is 5.60 Å². The number of aliphatic hydroxyl groups is 1. The average molecular weight is 301 g/mol. The summed E-state index contributed by atoms with van der Waals surface area (Å²) in [5.74, 6) is 0.485. The molecular weight excluding hydrogens is 282 g/mol. The topological polar surface area (TPSA) is 40.5 Å². The van der Waals surface area contributed by atoms with Gasteiger partial charge >= 0.3 is 0 Å². The molecule has 4 rings (SSSR count). The van der Waals surface area contributed by atoms with Gasteiger partial charge in [0.25, 0.3) is 5.91 Å². The van der Waals surface area contributed by atoms with Crippen LogP contribution in [0.25, 0.3) is 10.1 Å². The number of hydrogen-bond donors (Lipinski definition) is 1. The van der Waals surface area contributed by atoms with Crippen LogP contribution in [0.15, 0.2) is 29.6 Å². The van der Waals surface area contributed by atoms with Crippen LogP contribution in [0.1, 0.15) is 36.0 Å². The second kappa shape index (κ2) is 4.82. The van der Waals surface area contributed by atoms with Crippen LogP contribution in [0.3, 0.4) is 0 Å². The molecule has 1 atom stereocenters. The Morgan fingerprint density at radius 1 is 1.33 bits per heavy atom. The van der Waals surface area contributed by atoms with Crippen molar-refractivity contribution < 1.29 is 9.90 Å². The molecule has 1 saturated carbocycles. The highest BCUT2D eigenvalue weighted by Gasteiger charge is 2.47. The van der Waals surface area contributed by atoms with Crippen LogP contribution in [0.4, 0.5) is 0 Å². The first-order chi connectivity index (χ1) is 10.2. The van der Waals surface area contributed by atoms with E-state index in [2.05, 4.69) is 0 Å². The summed E-state index contributed by atoms with van der Waals surface area (Å²) in [5, 5.41) is 13.7. The van der Waals surface area contributed by atoms with Crippen LogP contribution in [-0.4, -0.2) is 34.6 Å². The lowest BCUT2D eigenvalue weighted by atomic mass is 9.88. The van der Waals surface area contributed by atoms with Gasteiger partial charge in [-0.15, -0.1) is 11.3 Å². The molecule has 1 saturated heterocycles. The van der Waals surface area contributed by atoms with Crippen molar-refractivity contribution in [2.45, 2.75) is 31.3 Å². The maximum absolute atomic E-state index is 12.8. The number of hydrogen-bond acceptors (Lipinski definition) is 3. The van der Waals surface area contributed by atoms with Gasteiger partial charge in [-0.1, -0.05) is 18.2 Å². The van der Waals surface area contributed by atoms with Crippen molar-refractivity contribution in [1.82, 2.24) is 4.90 Å². The Bertz CT molecular complexity index is 691. The van der Waals surface area contributed by atoms with E-state index in [1.165, 1.54) is 0 Å². The van der Waals surface area contributed by atoms with Crippen molar-refractivity contribution in [2.75, 3.05) is 13.1 Å². The smallest absolute Gasteiger partial charge is 0.255 e. The zero-order chi connectivity index (χ0) is 14.4. The molecule has 1 aliphatic carbocycles. The van der Waals surface area contributed by atoms with Crippen molar-refractivity contribution >= 4 is 27.3 Å². The standard InChI is InChI=1S/C17H19NO2S/c19-16(14-10-21-15-5-2-1-4-13(14)15)18-9-3-8-17(20,11-18)12-6-7-12/h1-2,4-5,10,12,20H,3,6-9,11H2. The number of thiophene rings is 1. The lowest BCUT2D eigenvalue weighted by molar-refractivity contribution is -0.0407. The Hall–Kier alpha value is -1.39. The zero-order valence-corrected chi connectivity index (χ0v) is 12.7. The van der Waals surface area contributed by atoms with E-state index in [9.17, 15) is 9.90 Å². The number of benzene rings is 1. The van der Waals surface area contributed by atoms with E-state index in [1.54, 1.807) is 11.3 Å². The summed E-state index contributed by atoms with van der Waals surface area (Å²) in [6.45, 7) is 1.26. The minimum Gasteiger partial charge on any atom is -0.388 e. The van der Waals surface area contributed by atoms with Gasteiger partial charge in [0.15, 0.2) is 0 Å². The fourth-order valence-electron chi connectivity index (χ4n) is 3.51. The number of carbonyl (C=O) groups excluding carboxylic acids is 1. The average Bonchev–Trinajstić information content (AvgIpc) is 3.28. The first-order valence-electron chi connectivity index (χ1n) is 7.65. The molecule has 0 spiro atoms. The molecule has 21 heavy (non-hydrogen) atoms. The highest BCUT2D eigenvalue weighted by Crippen LogP contribution is 2.44. The molecule has 3 nitrogen and oxygen atoms in total. The van der Waals surface area contributed by atoms with Crippen LogP contribution < -0.4 is 0 Å². The zero-order valence-electron chi connectivity index (χ0n) is 11.9. The molecule has 2 fully saturated rings. The third kappa shape index (κ3) is 2.27. The molecule has 0 radical (unpaired) electrons. The van der Waals surface area contributed by atoms with Crippen LogP contribution in [0.2, 0.25) is 0 Å². The van der Waals surface area contributed by atoms with Crippen molar-refractivity contribution in [3.05, 3.63) is 35.2 Å². The number of β-amino-alcohol motifs (C(OH)–C–C–N with tert-alkyl or cyclic N) is 1. The Kier molecular flexibility index (Phi) is 3.05. The Morgan fingerprint density at radius 3 is 2.95 bits per heavy atom. The Morgan fingerprint density at radius 2 is 2.14 bits per heavy atom. The SMILES string of the molecule is O=C(c1csc2ccccc12)N1CCCC(O)(C2CC2)C1. The van der Waals surface area contributed by atoms with E-state index in [-0.39, 0.29) is 5.91 Å². The third-order valence-electron chi connectivity index (χ3n) is 4.84. The summed E-state index contributed by atoms with van der Waals surface area (Å²) in [7, 11) is 0. The normalized spacial score (nSPS) is 26.2. The van der Waals surface area contributed by atoms with E-state index in [0.717, 1.165) is 47.9 Å². The number of fused-ring (bicyclic) bond motifs is 1. The van der Waals surface area contributed by atoms with Gasteiger partial charge in [-0.2, -0.15) is 0 Å². The largest absolute Gasteiger partial charge is 0.388 e. The number of likely N-dealkylation sites (tertiary alicyclic amines) is 1. The molecule has 2 aromatic rings. The molecule has 1 aromatic heterocycles. The summed E-state index contributed by atoms with van der Waals surface area (Å²) in [4.78, 5) is 14.7. The van der Waals surface area contributed by atoms with E-state index in [4.69, 9.17) is 0 Å². The van der Waals surface area contributed by atoms with Crippen molar-refractivity contribution in [2.24, 2.45) is 5.92 Å². The third-order valence-corrected chi connectivity index (χ3v) is 5.80. The number of amides is 1. The summed E-state index contributed by atoms with van der Waals surface area (Å²) in [6, 6.07) is 8.03. The van der Waals surface area contributed by atoms with Gasteiger partial charge < -0.3 is 10.0 Å². The van der Waals surface area contributed by atoms with Gasteiger partial charge in [-0.3, -0.25) is 4.79 Å². The van der Waals surface area contributed by atoms with Gasteiger partial charge in [0, 0.05) is 28.6 Å². The summed E-state index contributed by atoms with van der Waals surface area (Å²) >= 11 is 1.61. The quantitative estimate of drug-likeness (QED) is 0.925. The highest BCUT2D eigenvalue weighted by atomic mass is 32.1. The van der Waals surface area contributed by atoms with Crippen LogP contribution in [0, 0.1) is 5.92 Å². The number of carbonyl (C=O) groups is 1. The summed E-state index contributed by atoms with van der Waals surface area (Å²) in [6.07, 6.45) is 3.96. The van der Waals surface area contributed by atoms with Gasteiger partial charge in [-0.25, -0.2) is 0 Å². The molecule has 1 amide bonds. The molecule has 0 bridgehead atoms. The predicted octanol–water partition coefficient (Wildman–Crippen LogP) is 3.28. The fraction of sp³-hybridized carbons (Fsp3) is 0.471. The van der Waals surface area contributed by atoms with E-state index >= 15 is 0 Å². The molecule has 1 unspecified atom stereocenters. The van der Waals surface area contributed by atoms with E-state index in [0.29, 0.717) is 12.5 Å². The van der Waals surface area contributed by atoms with Gasteiger partial charge in [0.1, 0.15) is 0 Å². The summed E-state index contributed by atoms with van der Waals surface area (Å²) < 4.78 is 1.15. The fourth-order valence-corrected chi connectivity index (χ4v) is 4.44. The molecule has 1 aromatic carbocycles. The number of piperidine rings is 1. The summed E-state index contributed by atoms with van der Waals surface area (Å²) in [5.41, 5.74) is 0.148. The molecule has 4 heteroatoms. The lowest BCUT2D eigenvalue weighted by Gasteiger charge is -2.39. The minimum absolute atomic E-state index is 0.0752.